The average molecular weight is 353 g/mol. The molecule has 0 bridgehead atoms. The van der Waals surface area contributed by atoms with Crippen LogP contribution >= 0.6 is 0 Å². The van der Waals surface area contributed by atoms with E-state index in [1.165, 1.54) is 69.8 Å². The lowest BCUT2D eigenvalue weighted by Gasteiger charge is -2.45. The molecule has 26 heavy (non-hydrogen) atoms. The molecule has 1 aromatic carbocycles. The minimum Gasteiger partial charge on any atom is -0.497 e. The quantitative estimate of drug-likeness (QED) is 0.531. The summed E-state index contributed by atoms with van der Waals surface area (Å²) in [5.74, 6) is 6.61. The van der Waals surface area contributed by atoms with Crippen LogP contribution in [0.2, 0.25) is 0 Å². The highest BCUT2D eigenvalue weighted by molar-refractivity contribution is 5.29. The van der Waals surface area contributed by atoms with E-state index in [9.17, 15) is 0 Å². The van der Waals surface area contributed by atoms with Gasteiger partial charge in [-0.3, -0.25) is 0 Å². The molecule has 4 atom stereocenters. The lowest BCUT2D eigenvalue weighted by molar-refractivity contribution is 0.0748. The minimum absolute atomic E-state index is 0.779. The topological polar surface area (TPSA) is 9.23 Å². The van der Waals surface area contributed by atoms with Crippen molar-refractivity contribution in [2.45, 2.75) is 70.1 Å². The highest BCUT2D eigenvalue weighted by Crippen LogP contribution is 2.50. The van der Waals surface area contributed by atoms with Gasteiger partial charge < -0.3 is 4.74 Å². The van der Waals surface area contributed by atoms with Gasteiger partial charge in [0.25, 0.3) is 0 Å². The lowest BCUT2D eigenvalue weighted by Crippen LogP contribution is -2.34. The van der Waals surface area contributed by atoms with Gasteiger partial charge in [-0.2, -0.15) is 0 Å². The van der Waals surface area contributed by atoms with Crippen LogP contribution in [0.3, 0.4) is 0 Å². The highest BCUT2D eigenvalue weighted by Gasteiger charge is 2.38. The van der Waals surface area contributed by atoms with Gasteiger partial charge >= 0.3 is 0 Å². The minimum atomic E-state index is 0.779. The molecule has 0 spiro atoms. The van der Waals surface area contributed by atoms with Crippen molar-refractivity contribution < 1.29 is 4.74 Å². The van der Waals surface area contributed by atoms with Crippen molar-refractivity contribution in [3.63, 3.8) is 0 Å². The molecule has 142 valence electrons. The molecule has 1 heteroatoms. The van der Waals surface area contributed by atoms with Crippen LogP contribution in [0.25, 0.3) is 0 Å². The number of rotatable bonds is 4. The molecule has 0 amide bonds. The first-order valence-electron chi connectivity index (χ1n) is 11.0. The number of hydrogen-bond donors (Lipinski definition) is 0. The van der Waals surface area contributed by atoms with E-state index in [1.54, 1.807) is 7.11 Å². The Kier molecular flexibility index (Phi) is 5.72. The van der Waals surface area contributed by atoms with Crippen molar-refractivity contribution in [2.75, 3.05) is 7.11 Å². The molecule has 0 aromatic heterocycles. The summed E-state index contributed by atoms with van der Waals surface area (Å²) in [5.41, 5.74) is 1.54. The van der Waals surface area contributed by atoms with Crippen molar-refractivity contribution in [2.24, 2.45) is 29.6 Å². The van der Waals surface area contributed by atoms with E-state index < -0.39 is 0 Å². The molecule has 0 aliphatic heterocycles. The predicted molar refractivity (Wildman–Crippen MR) is 110 cm³/mol. The van der Waals surface area contributed by atoms with Gasteiger partial charge in [-0.15, -0.1) is 6.58 Å². The van der Waals surface area contributed by atoms with Crippen molar-refractivity contribution in [3.05, 3.63) is 42.5 Å². The van der Waals surface area contributed by atoms with Crippen LogP contribution in [0.5, 0.6) is 5.75 Å². The lowest BCUT2D eigenvalue weighted by atomic mass is 9.60. The fraction of sp³-hybridized carbons (Fsp3) is 0.680. The SMILES string of the molecule is C=CC1CCC(C2CCC3CC(c4ccc(OC)cc4)CCC3C2)CC1. The number of benzene rings is 1. The molecule has 1 aromatic rings. The smallest absolute Gasteiger partial charge is 0.118 e. The fourth-order valence-electron chi connectivity index (χ4n) is 6.38. The summed E-state index contributed by atoms with van der Waals surface area (Å²) in [4.78, 5) is 0. The van der Waals surface area contributed by atoms with Crippen LogP contribution < -0.4 is 4.74 Å². The zero-order chi connectivity index (χ0) is 17.9. The second-order valence-electron chi connectivity index (χ2n) is 9.29. The van der Waals surface area contributed by atoms with Crippen molar-refractivity contribution in [3.8, 4) is 5.75 Å². The van der Waals surface area contributed by atoms with E-state index in [2.05, 4.69) is 36.9 Å². The van der Waals surface area contributed by atoms with Crippen LogP contribution in [0.4, 0.5) is 0 Å². The van der Waals surface area contributed by atoms with Crippen LogP contribution in [0.15, 0.2) is 36.9 Å². The highest BCUT2D eigenvalue weighted by atomic mass is 16.5. The molecule has 4 unspecified atom stereocenters. The van der Waals surface area contributed by atoms with Crippen LogP contribution in [0.1, 0.15) is 75.7 Å². The molecule has 0 heterocycles. The van der Waals surface area contributed by atoms with Gasteiger partial charge in [0.15, 0.2) is 0 Å². The second kappa shape index (κ2) is 8.19. The maximum absolute atomic E-state index is 5.32. The Bertz CT molecular complexity index is 581. The predicted octanol–water partition coefficient (Wildman–Crippen LogP) is 6.99. The molecule has 3 saturated carbocycles. The summed E-state index contributed by atoms with van der Waals surface area (Å²) < 4.78 is 5.32. The molecule has 0 N–H and O–H groups in total. The van der Waals surface area contributed by atoms with Gasteiger partial charge in [0.1, 0.15) is 5.75 Å². The van der Waals surface area contributed by atoms with Crippen LogP contribution in [-0.2, 0) is 0 Å². The molecule has 0 saturated heterocycles. The van der Waals surface area contributed by atoms with Crippen LogP contribution in [-0.4, -0.2) is 7.11 Å². The Morgan fingerprint density at radius 1 is 0.769 bits per heavy atom. The molecular formula is C25H36O. The number of methoxy groups -OCH3 is 1. The number of ether oxygens (including phenoxy) is 1. The second-order valence-corrected chi connectivity index (χ2v) is 9.29. The van der Waals surface area contributed by atoms with E-state index in [4.69, 9.17) is 4.74 Å². The maximum Gasteiger partial charge on any atom is 0.118 e. The molecule has 3 aliphatic rings. The van der Waals surface area contributed by atoms with Crippen molar-refractivity contribution in [1.82, 2.24) is 0 Å². The van der Waals surface area contributed by atoms with Gasteiger partial charge in [0.2, 0.25) is 0 Å². The summed E-state index contributed by atoms with van der Waals surface area (Å²) in [7, 11) is 1.75. The van der Waals surface area contributed by atoms with Gasteiger partial charge in [0.05, 0.1) is 7.11 Å². The molecule has 0 radical (unpaired) electrons. The standard InChI is InChI=1S/C25H36O/c1-3-18-4-6-19(7-5-18)21-8-10-24-17-22(9-11-23(24)16-21)20-12-14-25(26-2)15-13-20/h3,12-15,18-19,21-24H,1,4-11,16-17H2,2H3. The largest absolute Gasteiger partial charge is 0.497 e. The molecule has 4 rings (SSSR count). The van der Waals surface area contributed by atoms with Gasteiger partial charge in [0, 0.05) is 0 Å². The first-order valence-corrected chi connectivity index (χ1v) is 11.0. The Morgan fingerprint density at radius 3 is 2.00 bits per heavy atom. The average Bonchev–Trinajstić information content (AvgIpc) is 2.73. The third kappa shape index (κ3) is 3.87. The van der Waals surface area contributed by atoms with E-state index in [0.717, 1.165) is 41.3 Å². The number of allylic oxidation sites excluding steroid dienone is 1. The summed E-state index contributed by atoms with van der Waals surface area (Å²) in [5, 5.41) is 0. The van der Waals surface area contributed by atoms with Gasteiger partial charge in [-0.1, -0.05) is 18.2 Å². The molecule has 1 nitrogen and oxygen atoms in total. The number of hydrogen-bond acceptors (Lipinski definition) is 1. The van der Waals surface area contributed by atoms with Crippen LogP contribution in [0, 0.1) is 29.6 Å². The van der Waals surface area contributed by atoms with E-state index >= 15 is 0 Å². The first-order chi connectivity index (χ1) is 12.8. The zero-order valence-corrected chi connectivity index (χ0v) is 16.5. The summed E-state index contributed by atoms with van der Waals surface area (Å²) in [6.07, 6.45) is 16.7. The normalized spacial score (nSPS) is 37.6. The Balaban J connectivity index is 1.32. The zero-order valence-electron chi connectivity index (χ0n) is 16.5. The Hall–Kier alpha value is -1.24. The fourth-order valence-corrected chi connectivity index (χ4v) is 6.38. The Labute approximate surface area is 160 Å². The molecular weight excluding hydrogens is 316 g/mol. The van der Waals surface area contributed by atoms with Gasteiger partial charge in [-0.25, -0.2) is 0 Å². The van der Waals surface area contributed by atoms with E-state index in [1.807, 2.05) is 0 Å². The Morgan fingerprint density at radius 2 is 1.35 bits per heavy atom. The summed E-state index contributed by atoms with van der Waals surface area (Å²) in [6.45, 7) is 4.01. The maximum atomic E-state index is 5.32. The number of fused-ring (bicyclic) bond motifs is 1. The monoisotopic (exact) mass is 352 g/mol. The summed E-state index contributed by atoms with van der Waals surface area (Å²) in [6, 6.07) is 8.87. The molecule has 3 fully saturated rings. The van der Waals surface area contributed by atoms with Gasteiger partial charge in [-0.05, 0) is 117 Å². The summed E-state index contributed by atoms with van der Waals surface area (Å²) >= 11 is 0. The first kappa shape index (κ1) is 18.1. The third-order valence-corrected chi connectivity index (χ3v) is 8.06. The third-order valence-electron chi connectivity index (χ3n) is 8.06. The van der Waals surface area contributed by atoms with Crippen molar-refractivity contribution in [1.29, 1.82) is 0 Å². The van der Waals surface area contributed by atoms with E-state index in [-0.39, 0.29) is 0 Å². The molecule has 3 aliphatic carbocycles. The van der Waals surface area contributed by atoms with E-state index in [0.29, 0.717) is 0 Å². The van der Waals surface area contributed by atoms with Crippen molar-refractivity contribution >= 4 is 0 Å².